The lowest BCUT2D eigenvalue weighted by Crippen LogP contribution is -2.65. The molecule has 21 heavy (non-hydrogen) atoms. The summed E-state index contributed by atoms with van der Waals surface area (Å²) < 4.78 is 42.3. The minimum absolute atomic E-state index is 0.331. The average molecular weight is 303 g/mol. The molecule has 5 nitrogen and oxygen atoms in total. The molecular weight excluding hydrogens is 291 g/mol. The number of nitrogens with zero attached hydrogens (tertiary/aromatic N) is 1. The van der Waals surface area contributed by atoms with Crippen LogP contribution >= 0.6 is 0 Å². The monoisotopic (exact) mass is 303 g/mol. The molecule has 1 amide bonds. The number of carboxylic acids is 1. The third kappa shape index (κ3) is 3.15. The topological polar surface area (TPSA) is 66.8 Å². The lowest BCUT2D eigenvalue weighted by Gasteiger charge is -2.49. The summed E-state index contributed by atoms with van der Waals surface area (Å²) >= 11 is 0. The fraction of sp³-hybridized carbons (Fsp3) is 0.385. The van der Waals surface area contributed by atoms with E-state index in [0.717, 1.165) is 0 Å². The number of carbonyl (C=O) groups excluding carboxylic acids is 1. The molecule has 0 saturated carbocycles. The van der Waals surface area contributed by atoms with Gasteiger partial charge in [0.2, 0.25) is 0 Å². The van der Waals surface area contributed by atoms with E-state index in [0.29, 0.717) is 10.5 Å². The van der Waals surface area contributed by atoms with Crippen molar-refractivity contribution < 1.29 is 32.6 Å². The van der Waals surface area contributed by atoms with E-state index >= 15 is 0 Å². The predicted octanol–water partition coefficient (Wildman–Crippen LogP) is 1.39. The number of ether oxygens (including phenoxy) is 1. The number of hydrogen-bond donors (Lipinski definition) is 1. The molecule has 1 aliphatic heterocycles. The summed E-state index contributed by atoms with van der Waals surface area (Å²) in [6.45, 7) is -1.31. The molecule has 0 bridgehead atoms. The Labute approximate surface area is 117 Å². The number of aliphatic carboxylic acids is 1. The molecule has 1 aromatic carbocycles. The first-order valence-electron chi connectivity index (χ1n) is 6.02. The Balaban J connectivity index is 2.15. The maximum Gasteiger partial charge on any atom is 0.471 e. The summed E-state index contributed by atoms with van der Waals surface area (Å²) in [4.78, 5) is 22.3. The van der Waals surface area contributed by atoms with E-state index in [-0.39, 0.29) is 13.1 Å². The van der Waals surface area contributed by atoms with Crippen molar-refractivity contribution in [3.63, 3.8) is 0 Å². The zero-order valence-electron chi connectivity index (χ0n) is 10.8. The SMILES string of the molecule is O=C(O)COC1(c2ccccc2)CN(C(=O)C(F)(F)F)C1. The molecule has 1 saturated heterocycles. The van der Waals surface area contributed by atoms with Crippen molar-refractivity contribution in [2.24, 2.45) is 0 Å². The first-order valence-corrected chi connectivity index (χ1v) is 6.02. The summed E-state index contributed by atoms with van der Waals surface area (Å²) in [5, 5.41) is 8.66. The molecule has 8 heteroatoms. The van der Waals surface area contributed by atoms with Crippen LogP contribution in [0.5, 0.6) is 0 Å². The van der Waals surface area contributed by atoms with Crippen molar-refractivity contribution in [3.8, 4) is 0 Å². The molecule has 0 atom stereocenters. The number of benzene rings is 1. The van der Waals surface area contributed by atoms with Gasteiger partial charge in [0, 0.05) is 0 Å². The van der Waals surface area contributed by atoms with Gasteiger partial charge in [-0.25, -0.2) is 4.79 Å². The highest BCUT2D eigenvalue weighted by Gasteiger charge is 2.54. The van der Waals surface area contributed by atoms with E-state index in [1.54, 1.807) is 30.3 Å². The highest BCUT2D eigenvalue weighted by Crippen LogP contribution is 2.37. The van der Waals surface area contributed by atoms with E-state index in [4.69, 9.17) is 9.84 Å². The Morgan fingerprint density at radius 2 is 1.81 bits per heavy atom. The molecule has 1 aliphatic rings. The van der Waals surface area contributed by atoms with Crippen LogP contribution in [-0.2, 0) is 19.9 Å². The maximum absolute atomic E-state index is 12.4. The number of halogens is 3. The summed E-state index contributed by atoms with van der Waals surface area (Å²) in [5.74, 6) is -3.18. The van der Waals surface area contributed by atoms with Gasteiger partial charge in [-0.1, -0.05) is 30.3 Å². The molecule has 0 radical (unpaired) electrons. The molecule has 0 aliphatic carbocycles. The van der Waals surface area contributed by atoms with Crippen molar-refractivity contribution in [2.75, 3.05) is 19.7 Å². The Morgan fingerprint density at radius 3 is 2.29 bits per heavy atom. The molecule has 1 N–H and O–H groups in total. The third-order valence-electron chi connectivity index (χ3n) is 3.19. The van der Waals surface area contributed by atoms with Crippen LogP contribution in [0.1, 0.15) is 5.56 Å². The second-order valence-electron chi connectivity index (χ2n) is 4.70. The molecule has 2 rings (SSSR count). The lowest BCUT2D eigenvalue weighted by atomic mass is 9.85. The Kier molecular flexibility index (Phi) is 3.91. The zero-order chi connectivity index (χ0) is 15.7. The minimum Gasteiger partial charge on any atom is -0.480 e. The van der Waals surface area contributed by atoms with Crippen LogP contribution in [-0.4, -0.2) is 47.8 Å². The predicted molar refractivity (Wildman–Crippen MR) is 64.3 cm³/mol. The lowest BCUT2D eigenvalue weighted by molar-refractivity contribution is -0.213. The van der Waals surface area contributed by atoms with Gasteiger partial charge >= 0.3 is 18.1 Å². The summed E-state index contributed by atoms with van der Waals surface area (Å²) in [6, 6.07) is 8.28. The minimum atomic E-state index is -4.95. The Morgan fingerprint density at radius 1 is 1.24 bits per heavy atom. The molecule has 0 aromatic heterocycles. The van der Waals surface area contributed by atoms with Gasteiger partial charge in [0.15, 0.2) is 0 Å². The van der Waals surface area contributed by atoms with E-state index in [2.05, 4.69) is 0 Å². The molecule has 0 spiro atoms. The fourth-order valence-electron chi connectivity index (χ4n) is 2.19. The molecule has 1 heterocycles. The van der Waals surface area contributed by atoms with Crippen molar-refractivity contribution in [1.29, 1.82) is 0 Å². The van der Waals surface area contributed by atoms with E-state index in [1.807, 2.05) is 0 Å². The van der Waals surface area contributed by atoms with Crippen LogP contribution in [0.15, 0.2) is 30.3 Å². The van der Waals surface area contributed by atoms with Gasteiger partial charge in [-0.3, -0.25) is 4.79 Å². The van der Waals surface area contributed by atoms with Crippen LogP contribution in [0, 0.1) is 0 Å². The highest BCUT2D eigenvalue weighted by atomic mass is 19.4. The van der Waals surface area contributed by atoms with Crippen LogP contribution in [0.25, 0.3) is 0 Å². The van der Waals surface area contributed by atoms with Gasteiger partial charge in [0.1, 0.15) is 12.2 Å². The van der Waals surface area contributed by atoms with Gasteiger partial charge in [-0.05, 0) is 5.56 Å². The van der Waals surface area contributed by atoms with Crippen LogP contribution in [0.3, 0.4) is 0 Å². The molecule has 114 valence electrons. The number of alkyl halides is 3. The van der Waals surface area contributed by atoms with Crippen LogP contribution in [0.4, 0.5) is 13.2 Å². The largest absolute Gasteiger partial charge is 0.480 e. The first kappa shape index (κ1) is 15.3. The van der Waals surface area contributed by atoms with Gasteiger partial charge in [0.05, 0.1) is 13.1 Å². The standard InChI is InChI=1S/C13H12F3NO4/c14-13(15,16)11(20)17-7-12(8-17,21-6-10(18)19)9-4-2-1-3-5-9/h1-5H,6-8H2,(H,18,19). The zero-order valence-corrected chi connectivity index (χ0v) is 10.8. The second kappa shape index (κ2) is 5.36. The van der Waals surface area contributed by atoms with Gasteiger partial charge in [-0.2, -0.15) is 13.2 Å². The summed E-state index contributed by atoms with van der Waals surface area (Å²) in [6.07, 6.45) is -4.95. The van der Waals surface area contributed by atoms with Crippen molar-refractivity contribution in [3.05, 3.63) is 35.9 Å². The number of carboxylic acid groups (broad SMARTS) is 1. The first-order chi connectivity index (χ1) is 9.74. The molecular formula is C13H12F3NO4. The number of rotatable bonds is 4. The van der Waals surface area contributed by atoms with Gasteiger partial charge in [0.25, 0.3) is 0 Å². The van der Waals surface area contributed by atoms with E-state index in [1.165, 1.54) is 0 Å². The smallest absolute Gasteiger partial charge is 0.471 e. The molecule has 0 unspecified atom stereocenters. The van der Waals surface area contributed by atoms with E-state index in [9.17, 15) is 22.8 Å². The summed E-state index contributed by atoms with van der Waals surface area (Å²) in [5.41, 5.74) is -0.668. The number of likely N-dealkylation sites (tertiary alicyclic amines) is 1. The van der Waals surface area contributed by atoms with Gasteiger partial charge < -0.3 is 14.7 Å². The quantitative estimate of drug-likeness (QED) is 0.913. The Bertz CT molecular complexity index is 538. The van der Waals surface area contributed by atoms with Crippen molar-refractivity contribution in [2.45, 2.75) is 11.8 Å². The van der Waals surface area contributed by atoms with Crippen LogP contribution < -0.4 is 0 Å². The van der Waals surface area contributed by atoms with Gasteiger partial charge in [-0.15, -0.1) is 0 Å². The average Bonchev–Trinajstić information content (AvgIpc) is 2.37. The summed E-state index contributed by atoms with van der Waals surface area (Å²) in [7, 11) is 0. The van der Waals surface area contributed by atoms with E-state index < -0.39 is 30.3 Å². The van der Waals surface area contributed by atoms with Crippen LogP contribution in [0.2, 0.25) is 0 Å². The Hall–Kier alpha value is -2.09. The number of amides is 1. The molecule has 1 fully saturated rings. The highest BCUT2D eigenvalue weighted by molar-refractivity contribution is 5.83. The van der Waals surface area contributed by atoms with Crippen molar-refractivity contribution >= 4 is 11.9 Å². The number of carbonyl (C=O) groups is 2. The van der Waals surface area contributed by atoms with Crippen molar-refractivity contribution in [1.82, 2.24) is 4.90 Å². The third-order valence-corrected chi connectivity index (χ3v) is 3.19. The second-order valence-corrected chi connectivity index (χ2v) is 4.70. The fourth-order valence-corrected chi connectivity index (χ4v) is 2.19. The normalized spacial score (nSPS) is 17.2. The number of hydrogen-bond acceptors (Lipinski definition) is 3. The maximum atomic E-state index is 12.4. The molecule has 1 aromatic rings.